The van der Waals surface area contributed by atoms with Gasteiger partial charge in [-0.15, -0.1) is 0 Å². The Hall–Kier alpha value is -0.870. The lowest BCUT2D eigenvalue weighted by molar-refractivity contribution is -0.928. The lowest BCUT2D eigenvalue weighted by Crippen LogP contribution is -3.00. The Morgan fingerprint density at radius 2 is 1.84 bits per heavy atom. The number of halogens is 1. The molecule has 3 heterocycles. The lowest BCUT2D eigenvalue weighted by Gasteiger charge is -2.49. The molecule has 19 heavy (non-hydrogen) atoms. The fourth-order valence-corrected chi connectivity index (χ4v) is 3.26. The van der Waals surface area contributed by atoms with Gasteiger partial charge in [-0.3, -0.25) is 0 Å². The van der Waals surface area contributed by atoms with Gasteiger partial charge in [0.15, 0.2) is 6.10 Å². The van der Waals surface area contributed by atoms with Gasteiger partial charge >= 0.3 is 5.97 Å². The van der Waals surface area contributed by atoms with Crippen molar-refractivity contribution < 1.29 is 31.0 Å². The van der Waals surface area contributed by atoms with E-state index in [0.717, 1.165) is 11.0 Å². The van der Waals surface area contributed by atoms with Crippen molar-refractivity contribution in [3.8, 4) is 0 Å². The van der Waals surface area contributed by atoms with Crippen LogP contribution in [0, 0.1) is 5.92 Å². The van der Waals surface area contributed by atoms with Gasteiger partial charge in [-0.2, -0.15) is 0 Å². The van der Waals surface area contributed by atoms with E-state index in [2.05, 4.69) is 7.05 Å². The number of piperidine rings is 3. The van der Waals surface area contributed by atoms with Gasteiger partial charge in [0, 0.05) is 18.8 Å². The summed E-state index contributed by atoms with van der Waals surface area (Å²) >= 11 is 0. The molecule has 0 saturated carbocycles. The summed E-state index contributed by atoms with van der Waals surface area (Å²) in [5, 5.41) is 0. The van der Waals surface area contributed by atoms with Gasteiger partial charge in [0.2, 0.25) is 0 Å². The monoisotopic (exact) mass is 325 g/mol. The number of esters is 1. The van der Waals surface area contributed by atoms with Gasteiger partial charge in [0.25, 0.3) is 0 Å². The minimum absolute atomic E-state index is 0. The summed E-state index contributed by atoms with van der Waals surface area (Å²) in [6.07, 6.45) is 2.51. The largest absolute Gasteiger partial charge is 1.00 e. The molecule has 3 fully saturated rings. The van der Waals surface area contributed by atoms with E-state index in [1.807, 2.05) is 30.3 Å². The van der Waals surface area contributed by atoms with Crippen LogP contribution in [0.2, 0.25) is 0 Å². The molecule has 4 heteroatoms. The minimum atomic E-state index is -0.166. The summed E-state index contributed by atoms with van der Waals surface area (Å²) in [4.78, 5) is 12.1. The van der Waals surface area contributed by atoms with Gasteiger partial charge in [-0.1, -0.05) is 18.2 Å². The van der Waals surface area contributed by atoms with Gasteiger partial charge in [0.05, 0.1) is 25.7 Å². The highest BCUT2D eigenvalue weighted by Crippen LogP contribution is 2.34. The van der Waals surface area contributed by atoms with Crippen molar-refractivity contribution in [2.24, 2.45) is 5.92 Å². The average Bonchev–Trinajstić information content (AvgIpc) is 2.40. The number of nitrogens with zero attached hydrogens (tertiary/aromatic N) is 1. The Kier molecular flexibility index (Phi) is 4.31. The van der Waals surface area contributed by atoms with E-state index < -0.39 is 0 Å². The van der Waals surface area contributed by atoms with Crippen LogP contribution < -0.4 is 17.0 Å². The second-order valence-electron chi connectivity index (χ2n) is 5.90. The number of hydrogen-bond donors (Lipinski definition) is 0. The number of hydrogen-bond acceptors (Lipinski definition) is 2. The smallest absolute Gasteiger partial charge is 0.338 e. The molecular formula is C15H20BrNO2. The standard InChI is InChI=1S/C15H20NO2.BrH/c1-16-9-7-12(8-10-16)14(11-16)18-15(17)13-5-3-2-4-6-13;/h2-6,12,14H,7-11H2,1H3;1H/q+1;/p-1. The van der Waals surface area contributed by atoms with Gasteiger partial charge in [0.1, 0.15) is 6.54 Å². The van der Waals surface area contributed by atoms with Crippen LogP contribution in [0.15, 0.2) is 30.3 Å². The first kappa shape index (κ1) is 14.5. The van der Waals surface area contributed by atoms with E-state index in [4.69, 9.17) is 4.74 Å². The molecule has 3 nitrogen and oxygen atoms in total. The molecule has 0 amide bonds. The van der Waals surface area contributed by atoms with Crippen LogP contribution in [-0.4, -0.2) is 43.2 Å². The van der Waals surface area contributed by atoms with Crippen LogP contribution in [-0.2, 0) is 4.74 Å². The van der Waals surface area contributed by atoms with Crippen molar-refractivity contribution in [2.75, 3.05) is 26.7 Å². The van der Waals surface area contributed by atoms with Crippen molar-refractivity contribution in [1.82, 2.24) is 0 Å². The second-order valence-corrected chi connectivity index (χ2v) is 5.90. The quantitative estimate of drug-likeness (QED) is 0.519. The highest BCUT2D eigenvalue weighted by atomic mass is 79.9. The normalized spacial score (nSPS) is 32.5. The zero-order valence-corrected chi connectivity index (χ0v) is 12.8. The molecule has 1 aromatic carbocycles. The maximum absolute atomic E-state index is 12.1. The Bertz CT molecular complexity index is 441. The first-order valence-electron chi connectivity index (χ1n) is 6.76. The average molecular weight is 326 g/mol. The topological polar surface area (TPSA) is 26.3 Å². The van der Waals surface area contributed by atoms with E-state index in [1.54, 1.807) is 0 Å². The molecular weight excluding hydrogens is 306 g/mol. The molecule has 0 radical (unpaired) electrons. The first-order valence-corrected chi connectivity index (χ1v) is 6.76. The van der Waals surface area contributed by atoms with Crippen LogP contribution in [0.3, 0.4) is 0 Å². The molecule has 1 aromatic rings. The summed E-state index contributed by atoms with van der Waals surface area (Å²) in [5.41, 5.74) is 0.664. The van der Waals surface area contributed by atoms with E-state index in [-0.39, 0.29) is 29.1 Å². The maximum atomic E-state index is 12.1. The summed E-state index contributed by atoms with van der Waals surface area (Å²) in [6.45, 7) is 3.47. The van der Waals surface area contributed by atoms with Crippen molar-refractivity contribution in [1.29, 1.82) is 0 Å². The number of rotatable bonds is 2. The number of benzene rings is 1. The zero-order chi connectivity index (χ0) is 12.6. The van der Waals surface area contributed by atoms with Crippen LogP contribution in [0.5, 0.6) is 0 Å². The molecule has 0 spiro atoms. The van der Waals surface area contributed by atoms with Crippen LogP contribution in [0.1, 0.15) is 23.2 Å². The number of ether oxygens (including phenoxy) is 1. The third-order valence-corrected chi connectivity index (χ3v) is 4.49. The molecule has 1 atom stereocenters. The lowest BCUT2D eigenvalue weighted by atomic mass is 9.84. The predicted molar refractivity (Wildman–Crippen MR) is 69.2 cm³/mol. The summed E-state index contributed by atoms with van der Waals surface area (Å²) in [5.74, 6) is 0.415. The van der Waals surface area contributed by atoms with Crippen LogP contribution in [0.25, 0.3) is 0 Å². The minimum Gasteiger partial charge on any atom is -1.00 e. The highest BCUT2D eigenvalue weighted by Gasteiger charge is 2.45. The highest BCUT2D eigenvalue weighted by molar-refractivity contribution is 5.89. The maximum Gasteiger partial charge on any atom is 0.338 e. The Morgan fingerprint density at radius 1 is 1.21 bits per heavy atom. The Balaban J connectivity index is 0.00000133. The zero-order valence-electron chi connectivity index (χ0n) is 11.2. The summed E-state index contributed by atoms with van der Waals surface area (Å²) in [6, 6.07) is 9.30. The fourth-order valence-electron chi connectivity index (χ4n) is 3.26. The number of likely N-dealkylation sites (N-methyl/N-ethyl adjacent to an activating group) is 1. The number of fused-ring (bicyclic) bond motifs is 3. The van der Waals surface area contributed by atoms with Crippen LogP contribution >= 0.6 is 0 Å². The molecule has 1 unspecified atom stereocenters. The van der Waals surface area contributed by atoms with Gasteiger partial charge < -0.3 is 26.2 Å². The molecule has 0 aromatic heterocycles. The van der Waals surface area contributed by atoms with E-state index in [1.165, 1.54) is 25.9 Å². The Labute approximate surface area is 124 Å². The molecule has 104 valence electrons. The molecule has 0 aliphatic carbocycles. The van der Waals surface area contributed by atoms with Crippen molar-refractivity contribution >= 4 is 5.97 Å². The molecule has 4 rings (SSSR count). The SMILES string of the molecule is C[N+]12CCC(CC1)C(OC(=O)c1ccccc1)C2.[Br-]. The predicted octanol–water partition coefficient (Wildman–Crippen LogP) is -0.914. The van der Waals surface area contributed by atoms with E-state index >= 15 is 0 Å². The van der Waals surface area contributed by atoms with Crippen molar-refractivity contribution in [3.05, 3.63) is 35.9 Å². The van der Waals surface area contributed by atoms with Crippen molar-refractivity contribution in [3.63, 3.8) is 0 Å². The summed E-state index contributed by atoms with van der Waals surface area (Å²) < 4.78 is 6.79. The number of carbonyl (C=O) groups is 1. The first-order chi connectivity index (χ1) is 8.66. The van der Waals surface area contributed by atoms with Crippen LogP contribution in [0.4, 0.5) is 0 Å². The van der Waals surface area contributed by atoms with Gasteiger partial charge in [-0.05, 0) is 12.1 Å². The molecule has 3 saturated heterocycles. The second kappa shape index (κ2) is 5.63. The molecule has 3 aliphatic heterocycles. The van der Waals surface area contributed by atoms with Gasteiger partial charge in [-0.25, -0.2) is 4.79 Å². The third kappa shape index (κ3) is 3.00. The molecule has 0 N–H and O–H groups in total. The number of carbonyl (C=O) groups excluding carboxylic acids is 1. The summed E-state index contributed by atoms with van der Waals surface area (Å²) in [7, 11) is 2.28. The number of quaternary nitrogens is 1. The fraction of sp³-hybridized carbons (Fsp3) is 0.533. The van der Waals surface area contributed by atoms with E-state index in [9.17, 15) is 4.79 Å². The molecule has 2 bridgehead atoms. The van der Waals surface area contributed by atoms with E-state index in [0.29, 0.717) is 11.5 Å². The molecule has 3 aliphatic rings. The third-order valence-electron chi connectivity index (χ3n) is 4.49. The van der Waals surface area contributed by atoms with Crippen molar-refractivity contribution in [2.45, 2.75) is 18.9 Å². The Morgan fingerprint density at radius 3 is 2.42 bits per heavy atom.